The maximum absolute atomic E-state index is 12.4. The average molecular weight is 541 g/mol. The van der Waals surface area contributed by atoms with E-state index >= 15 is 0 Å². The molecule has 1 atom stereocenters. The Morgan fingerprint density at radius 3 is 2.79 bits per heavy atom. The molecule has 5 rings (SSSR count). The van der Waals surface area contributed by atoms with Crippen LogP contribution < -0.4 is 16.0 Å². The first kappa shape index (κ1) is 22.9. The Hall–Kier alpha value is -2.82. The molecule has 34 heavy (non-hydrogen) atoms. The van der Waals surface area contributed by atoms with E-state index < -0.39 is 5.54 Å². The summed E-state index contributed by atoms with van der Waals surface area (Å²) in [6, 6.07) is 12.4. The first-order valence-electron chi connectivity index (χ1n) is 11.1. The van der Waals surface area contributed by atoms with Crippen molar-refractivity contribution in [2.24, 2.45) is 0 Å². The van der Waals surface area contributed by atoms with Crippen molar-refractivity contribution >= 4 is 45.2 Å². The Bertz CT molecular complexity index is 1250. The van der Waals surface area contributed by atoms with Crippen LogP contribution in [0.2, 0.25) is 0 Å². The number of amides is 3. The zero-order valence-electron chi connectivity index (χ0n) is 18.9. The van der Waals surface area contributed by atoms with Gasteiger partial charge >= 0.3 is 6.03 Å². The van der Waals surface area contributed by atoms with E-state index in [0.717, 1.165) is 28.1 Å². The van der Waals surface area contributed by atoms with Gasteiger partial charge < -0.3 is 16.0 Å². The lowest BCUT2D eigenvalue weighted by Gasteiger charge is -2.23. The van der Waals surface area contributed by atoms with Crippen LogP contribution in [0.1, 0.15) is 35.8 Å². The molecule has 0 spiro atoms. The molecule has 0 aliphatic carbocycles. The number of urea groups is 1. The predicted molar refractivity (Wildman–Crippen MR) is 136 cm³/mol. The van der Waals surface area contributed by atoms with Crippen LogP contribution in [0.4, 0.5) is 10.7 Å². The van der Waals surface area contributed by atoms with Crippen LogP contribution in [-0.4, -0.2) is 52.0 Å². The summed E-state index contributed by atoms with van der Waals surface area (Å²) < 4.78 is 0.816. The molecule has 176 valence electrons. The molecule has 2 aliphatic rings. The number of halogens is 1. The monoisotopic (exact) mass is 540 g/mol. The number of hydrogen-bond donors (Lipinski definition) is 3. The fraction of sp³-hybridized carbons (Fsp3) is 0.333. The summed E-state index contributed by atoms with van der Waals surface area (Å²) in [4.78, 5) is 37.2. The number of carbonyl (C=O) groups is 2. The Morgan fingerprint density at radius 2 is 2.06 bits per heavy atom. The highest BCUT2D eigenvalue weighted by Crippen LogP contribution is 2.41. The first-order chi connectivity index (χ1) is 16.3. The van der Waals surface area contributed by atoms with Gasteiger partial charge in [0.2, 0.25) is 5.95 Å². The van der Waals surface area contributed by atoms with Crippen molar-refractivity contribution in [1.82, 2.24) is 25.5 Å². The number of fused-ring (bicyclic) bond motifs is 1. The van der Waals surface area contributed by atoms with Crippen molar-refractivity contribution in [3.63, 3.8) is 0 Å². The van der Waals surface area contributed by atoms with Crippen LogP contribution in [0.15, 0.2) is 47.1 Å². The molecule has 3 N–H and O–H groups in total. The highest BCUT2D eigenvalue weighted by atomic mass is 79.9. The number of nitrogens with zero attached hydrogens (tertiary/aromatic N) is 3. The Balaban J connectivity index is 1.33. The molecular formula is C24H25BrN6O2S. The molecule has 2 aliphatic heterocycles. The third kappa shape index (κ3) is 4.33. The number of hydrogen-bond acceptors (Lipinski definition) is 7. The van der Waals surface area contributed by atoms with Crippen molar-refractivity contribution in [3.8, 4) is 10.6 Å². The Labute approximate surface area is 210 Å². The molecule has 3 amide bonds. The minimum absolute atomic E-state index is 0.234. The quantitative estimate of drug-likeness (QED) is 0.409. The number of benzene rings is 1. The van der Waals surface area contributed by atoms with E-state index in [2.05, 4.69) is 67.2 Å². The molecule has 1 saturated heterocycles. The first-order valence-corrected chi connectivity index (χ1v) is 12.7. The lowest BCUT2D eigenvalue weighted by Crippen LogP contribution is -2.40. The summed E-state index contributed by atoms with van der Waals surface area (Å²) in [6.07, 6.45) is 1.73. The lowest BCUT2D eigenvalue weighted by atomic mass is 9.92. The van der Waals surface area contributed by atoms with Crippen molar-refractivity contribution in [2.45, 2.75) is 31.8 Å². The molecule has 8 nitrogen and oxygen atoms in total. The standard InChI is InChI=1S/C24H25BrN6O2S/c1-24(2)21(32)31(23(33)30-24)9-8-27-22-28-13-17(25)19(29-22)18-10-15-11-26-12-16(20(15)34-18)14-6-4-3-5-7-14/h3-7,10,13,16,26H,8-9,11-12H2,1-2H3,(H,30,33)(H,27,28,29). The number of carbonyl (C=O) groups excluding carboxylic acids is 2. The van der Waals surface area contributed by atoms with Crippen LogP contribution in [0.5, 0.6) is 0 Å². The Kier molecular flexibility index (Phi) is 6.13. The van der Waals surface area contributed by atoms with E-state index in [1.165, 1.54) is 20.9 Å². The van der Waals surface area contributed by atoms with Crippen LogP contribution in [-0.2, 0) is 11.3 Å². The normalized spacial score (nSPS) is 19.1. The van der Waals surface area contributed by atoms with E-state index in [0.29, 0.717) is 18.4 Å². The SMILES string of the molecule is CC1(C)NC(=O)N(CCNc2ncc(Br)c(-c3cc4c(s3)C(c3ccccc3)CNC4)n2)C1=O. The molecule has 10 heteroatoms. The van der Waals surface area contributed by atoms with Gasteiger partial charge in [-0.25, -0.2) is 14.8 Å². The highest BCUT2D eigenvalue weighted by molar-refractivity contribution is 9.10. The van der Waals surface area contributed by atoms with Crippen LogP contribution in [0.25, 0.3) is 10.6 Å². The van der Waals surface area contributed by atoms with Crippen molar-refractivity contribution < 1.29 is 9.59 Å². The number of aromatic nitrogens is 2. The second-order valence-electron chi connectivity index (χ2n) is 8.92. The van der Waals surface area contributed by atoms with Gasteiger partial charge in [0.25, 0.3) is 5.91 Å². The second kappa shape index (κ2) is 9.09. The molecule has 4 heterocycles. The molecular weight excluding hydrogens is 516 g/mol. The van der Waals surface area contributed by atoms with Gasteiger partial charge in [0, 0.05) is 43.2 Å². The third-order valence-electron chi connectivity index (χ3n) is 6.06. The van der Waals surface area contributed by atoms with Gasteiger partial charge in [-0.1, -0.05) is 30.3 Å². The van der Waals surface area contributed by atoms with Gasteiger partial charge in [-0.05, 0) is 47.0 Å². The third-order valence-corrected chi connectivity index (χ3v) is 7.94. The number of anilines is 1. The van der Waals surface area contributed by atoms with E-state index in [1.54, 1.807) is 31.4 Å². The lowest BCUT2D eigenvalue weighted by molar-refractivity contribution is -0.130. The van der Waals surface area contributed by atoms with Gasteiger partial charge in [-0.3, -0.25) is 9.69 Å². The summed E-state index contributed by atoms with van der Waals surface area (Å²) in [7, 11) is 0. The van der Waals surface area contributed by atoms with Gasteiger partial charge in [0.15, 0.2) is 0 Å². The zero-order valence-corrected chi connectivity index (χ0v) is 21.3. The fourth-order valence-electron chi connectivity index (χ4n) is 4.32. The zero-order chi connectivity index (χ0) is 23.9. The van der Waals surface area contributed by atoms with Crippen molar-refractivity contribution in [1.29, 1.82) is 0 Å². The maximum atomic E-state index is 12.4. The van der Waals surface area contributed by atoms with Crippen LogP contribution in [0.3, 0.4) is 0 Å². The number of rotatable bonds is 6. The minimum Gasteiger partial charge on any atom is -0.352 e. The second-order valence-corrected chi connectivity index (χ2v) is 10.9. The van der Waals surface area contributed by atoms with Gasteiger partial charge in [-0.2, -0.15) is 0 Å². The highest BCUT2D eigenvalue weighted by Gasteiger charge is 2.43. The molecule has 1 unspecified atom stereocenters. The van der Waals surface area contributed by atoms with Crippen molar-refractivity contribution in [2.75, 3.05) is 25.0 Å². The van der Waals surface area contributed by atoms with Gasteiger partial charge in [0.1, 0.15) is 5.54 Å². The molecule has 2 aromatic heterocycles. The molecule has 1 fully saturated rings. The summed E-state index contributed by atoms with van der Waals surface area (Å²) in [5.41, 5.74) is 2.54. The summed E-state index contributed by atoms with van der Waals surface area (Å²) >= 11 is 5.37. The number of nitrogens with one attached hydrogen (secondary N) is 3. The van der Waals surface area contributed by atoms with Crippen molar-refractivity contribution in [3.05, 3.63) is 63.1 Å². The topological polar surface area (TPSA) is 99.2 Å². The minimum atomic E-state index is -0.872. The smallest absolute Gasteiger partial charge is 0.325 e. The largest absolute Gasteiger partial charge is 0.352 e. The molecule has 0 radical (unpaired) electrons. The predicted octanol–water partition coefficient (Wildman–Crippen LogP) is 3.95. The van der Waals surface area contributed by atoms with E-state index in [1.807, 2.05) is 6.07 Å². The van der Waals surface area contributed by atoms with E-state index in [9.17, 15) is 9.59 Å². The van der Waals surface area contributed by atoms with Gasteiger partial charge in [0.05, 0.1) is 15.0 Å². The summed E-state index contributed by atoms with van der Waals surface area (Å²) in [5.74, 6) is 0.534. The molecule has 0 bridgehead atoms. The van der Waals surface area contributed by atoms with Crippen LogP contribution >= 0.6 is 27.3 Å². The molecule has 1 aromatic carbocycles. The average Bonchev–Trinajstić information content (AvgIpc) is 3.34. The summed E-state index contributed by atoms with van der Waals surface area (Å²) in [6.45, 7) is 5.74. The van der Waals surface area contributed by atoms with E-state index in [-0.39, 0.29) is 18.5 Å². The van der Waals surface area contributed by atoms with E-state index in [4.69, 9.17) is 4.98 Å². The summed E-state index contributed by atoms with van der Waals surface area (Å²) in [5, 5.41) is 9.37. The van der Waals surface area contributed by atoms with Gasteiger partial charge in [-0.15, -0.1) is 11.3 Å². The Morgan fingerprint density at radius 1 is 1.26 bits per heavy atom. The fourth-order valence-corrected chi connectivity index (χ4v) is 6.17. The molecule has 0 saturated carbocycles. The molecule has 3 aromatic rings. The number of imide groups is 1. The van der Waals surface area contributed by atoms with Crippen LogP contribution in [0, 0.1) is 0 Å². The number of thiophene rings is 1. The maximum Gasteiger partial charge on any atom is 0.325 e.